The second-order valence-corrected chi connectivity index (χ2v) is 7.68. The van der Waals surface area contributed by atoms with Crippen molar-refractivity contribution < 1.29 is 18.0 Å². The molecular formula is C12H22N2O4S. The van der Waals surface area contributed by atoms with Gasteiger partial charge in [0.25, 0.3) is 0 Å². The second-order valence-electron chi connectivity index (χ2n) is 5.42. The van der Waals surface area contributed by atoms with Gasteiger partial charge in [-0.2, -0.15) is 0 Å². The topological polar surface area (TPSA) is 83.6 Å². The van der Waals surface area contributed by atoms with Crippen molar-refractivity contribution >= 4 is 21.7 Å². The number of carbonyl (C=O) groups excluding carboxylic acids is 2. The van der Waals surface area contributed by atoms with Crippen molar-refractivity contribution in [2.75, 3.05) is 18.6 Å². The van der Waals surface area contributed by atoms with Crippen LogP contribution in [-0.2, 0) is 19.4 Å². The van der Waals surface area contributed by atoms with Gasteiger partial charge in [0.2, 0.25) is 11.8 Å². The van der Waals surface area contributed by atoms with E-state index in [4.69, 9.17) is 0 Å². The maximum Gasteiger partial charge on any atom is 0.246 e. The summed E-state index contributed by atoms with van der Waals surface area (Å²) in [5.41, 5.74) is 0. The molecule has 2 amide bonds. The van der Waals surface area contributed by atoms with Crippen molar-refractivity contribution in [3.63, 3.8) is 0 Å². The van der Waals surface area contributed by atoms with E-state index >= 15 is 0 Å². The van der Waals surface area contributed by atoms with E-state index in [1.54, 1.807) is 6.92 Å². The first-order valence-corrected chi connectivity index (χ1v) is 8.48. The lowest BCUT2D eigenvalue weighted by molar-refractivity contribution is -0.149. The monoisotopic (exact) mass is 290 g/mol. The van der Waals surface area contributed by atoms with Crippen molar-refractivity contribution in [3.05, 3.63) is 0 Å². The number of rotatable bonds is 5. The first-order chi connectivity index (χ1) is 8.63. The van der Waals surface area contributed by atoms with Crippen molar-refractivity contribution in [1.82, 2.24) is 10.2 Å². The lowest BCUT2D eigenvalue weighted by Crippen LogP contribution is -2.64. The Balaban J connectivity index is 2.72. The average molecular weight is 290 g/mol. The molecule has 0 bridgehead atoms. The van der Waals surface area contributed by atoms with Gasteiger partial charge in [-0.15, -0.1) is 0 Å². The third-order valence-electron chi connectivity index (χ3n) is 3.27. The van der Waals surface area contributed by atoms with Gasteiger partial charge >= 0.3 is 0 Å². The Morgan fingerprint density at radius 1 is 1.32 bits per heavy atom. The highest BCUT2D eigenvalue weighted by Gasteiger charge is 2.38. The molecular weight excluding hydrogens is 268 g/mol. The smallest absolute Gasteiger partial charge is 0.246 e. The van der Waals surface area contributed by atoms with E-state index in [0.717, 1.165) is 6.26 Å². The zero-order valence-electron chi connectivity index (χ0n) is 11.8. The van der Waals surface area contributed by atoms with E-state index in [1.807, 2.05) is 13.8 Å². The van der Waals surface area contributed by atoms with Crippen molar-refractivity contribution in [1.29, 1.82) is 0 Å². The van der Waals surface area contributed by atoms with Gasteiger partial charge in [0.15, 0.2) is 0 Å². The number of piperazine rings is 1. The Hall–Kier alpha value is -1.11. The molecule has 0 aromatic carbocycles. The third-order valence-corrected chi connectivity index (χ3v) is 4.30. The zero-order valence-corrected chi connectivity index (χ0v) is 12.7. The van der Waals surface area contributed by atoms with Gasteiger partial charge in [-0.25, -0.2) is 8.42 Å². The molecule has 1 N–H and O–H groups in total. The number of amides is 2. The number of hydrogen-bond acceptors (Lipinski definition) is 4. The van der Waals surface area contributed by atoms with E-state index in [9.17, 15) is 18.0 Å². The molecule has 1 aliphatic rings. The van der Waals surface area contributed by atoms with Crippen LogP contribution in [0.25, 0.3) is 0 Å². The van der Waals surface area contributed by atoms with E-state index < -0.39 is 21.9 Å². The minimum atomic E-state index is -3.04. The summed E-state index contributed by atoms with van der Waals surface area (Å²) in [4.78, 5) is 25.5. The summed E-state index contributed by atoms with van der Waals surface area (Å²) in [5.74, 6) is -0.271. The van der Waals surface area contributed by atoms with Crippen LogP contribution in [0.4, 0.5) is 0 Å². The van der Waals surface area contributed by atoms with Crippen molar-refractivity contribution in [2.45, 2.75) is 39.3 Å². The Bertz CT molecular complexity index is 458. The molecule has 1 fully saturated rings. The largest absolute Gasteiger partial charge is 0.342 e. The van der Waals surface area contributed by atoms with E-state index in [-0.39, 0.29) is 23.5 Å². The number of hydrogen-bond donors (Lipinski definition) is 1. The maximum atomic E-state index is 12.2. The van der Waals surface area contributed by atoms with Crippen LogP contribution in [0.2, 0.25) is 0 Å². The molecule has 1 saturated heterocycles. The number of sulfone groups is 1. The van der Waals surface area contributed by atoms with Crippen LogP contribution in [0.1, 0.15) is 27.2 Å². The fourth-order valence-corrected chi connectivity index (χ4v) is 2.75. The predicted molar refractivity (Wildman–Crippen MR) is 72.3 cm³/mol. The van der Waals surface area contributed by atoms with Crippen LogP contribution in [0.15, 0.2) is 0 Å². The van der Waals surface area contributed by atoms with Crippen molar-refractivity contribution in [2.24, 2.45) is 5.92 Å². The fraction of sp³-hybridized carbons (Fsp3) is 0.833. The molecule has 2 unspecified atom stereocenters. The zero-order chi connectivity index (χ0) is 14.8. The Morgan fingerprint density at radius 2 is 1.89 bits per heavy atom. The van der Waals surface area contributed by atoms with Gasteiger partial charge in [-0.1, -0.05) is 13.8 Å². The highest BCUT2D eigenvalue weighted by atomic mass is 32.2. The Kier molecular flexibility index (Phi) is 4.95. The summed E-state index contributed by atoms with van der Waals surface area (Å²) in [6.45, 7) is 5.69. The molecule has 2 atom stereocenters. The molecule has 110 valence electrons. The normalized spacial score (nSPS) is 24.8. The Morgan fingerprint density at radius 3 is 2.37 bits per heavy atom. The molecule has 1 aliphatic heterocycles. The third kappa shape index (κ3) is 4.19. The summed E-state index contributed by atoms with van der Waals surface area (Å²) in [6.07, 6.45) is 1.52. The molecule has 1 heterocycles. The molecule has 1 rings (SSSR count). The van der Waals surface area contributed by atoms with Crippen LogP contribution in [0.3, 0.4) is 0 Å². The maximum absolute atomic E-state index is 12.2. The number of carbonyl (C=O) groups is 2. The van der Waals surface area contributed by atoms with Gasteiger partial charge in [-0.05, 0) is 19.3 Å². The van der Waals surface area contributed by atoms with Crippen LogP contribution in [0, 0.1) is 5.92 Å². The molecule has 6 nitrogen and oxygen atoms in total. The van der Waals surface area contributed by atoms with Gasteiger partial charge in [0.05, 0.1) is 5.75 Å². The summed E-state index contributed by atoms with van der Waals surface area (Å²) in [7, 11) is -3.04. The quantitative estimate of drug-likeness (QED) is 0.759. The van der Waals surface area contributed by atoms with Crippen LogP contribution in [0.5, 0.6) is 0 Å². The summed E-state index contributed by atoms with van der Waals surface area (Å²) in [5, 5.41) is 2.70. The standard InChI is InChI=1S/C12H22N2O4S/c1-8(2)10-12(16)14(9(3)11(15)13-10)6-5-7-19(4,17)18/h8-10H,5-7H2,1-4H3,(H,13,15). The molecule has 0 aromatic heterocycles. The predicted octanol–water partition coefficient (Wildman–Crippen LogP) is -0.207. The highest BCUT2D eigenvalue weighted by Crippen LogP contribution is 2.15. The average Bonchev–Trinajstić information content (AvgIpc) is 2.26. The Labute approximate surface area is 114 Å². The molecule has 7 heteroatoms. The molecule has 0 spiro atoms. The summed E-state index contributed by atoms with van der Waals surface area (Å²) in [6, 6.07) is -1.05. The highest BCUT2D eigenvalue weighted by molar-refractivity contribution is 7.90. The molecule has 19 heavy (non-hydrogen) atoms. The molecule has 0 radical (unpaired) electrons. The lowest BCUT2D eigenvalue weighted by Gasteiger charge is -2.38. The first-order valence-electron chi connectivity index (χ1n) is 6.42. The van der Waals surface area contributed by atoms with E-state index in [2.05, 4.69) is 5.32 Å². The minimum absolute atomic E-state index is 0.0151. The molecule has 0 saturated carbocycles. The lowest BCUT2D eigenvalue weighted by atomic mass is 9.98. The van der Waals surface area contributed by atoms with Gasteiger partial charge in [-0.3, -0.25) is 9.59 Å². The van der Waals surface area contributed by atoms with Gasteiger partial charge < -0.3 is 10.2 Å². The minimum Gasteiger partial charge on any atom is -0.342 e. The molecule has 0 aliphatic carbocycles. The van der Waals surface area contributed by atoms with E-state index in [0.29, 0.717) is 13.0 Å². The fourth-order valence-electron chi connectivity index (χ4n) is 2.10. The van der Waals surface area contributed by atoms with Crippen molar-refractivity contribution in [3.8, 4) is 0 Å². The second kappa shape index (κ2) is 5.90. The summed E-state index contributed by atoms with van der Waals surface area (Å²) >= 11 is 0. The SMILES string of the molecule is CC(C)C1NC(=O)C(C)N(CCCS(C)(=O)=O)C1=O. The number of nitrogens with zero attached hydrogens (tertiary/aromatic N) is 1. The van der Waals surface area contributed by atoms with Crippen LogP contribution in [-0.4, -0.2) is 55.8 Å². The van der Waals surface area contributed by atoms with Crippen LogP contribution < -0.4 is 5.32 Å². The number of nitrogens with one attached hydrogen (secondary N) is 1. The summed E-state index contributed by atoms with van der Waals surface area (Å²) < 4.78 is 22.2. The molecule has 0 aromatic rings. The first kappa shape index (κ1) is 15.9. The van der Waals surface area contributed by atoms with Gasteiger partial charge in [0, 0.05) is 12.8 Å². The van der Waals surface area contributed by atoms with Gasteiger partial charge in [0.1, 0.15) is 21.9 Å². The van der Waals surface area contributed by atoms with Crippen LogP contribution >= 0.6 is 0 Å². The van der Waals surface area contributed by atoms with E-state index in [1.165, 1.54) is 4.90 Å².